The predicted octanol–water partition coefficient (Wildman–Crippen LogP) is 1.28. The number of nitriles is 1. The lowest BCUT2D eigenvalue weighted by atomic mass is 10.1. The van der Waals surface area contributed by atoms with Gasteiger partial charge in [0.15, 0.2) is 5.82 Å². The van der Waals surface area contributed by atoms with E-state index in [1.807, 2.05) is 25.2 Å². The first kappa shape index (κ1) is 9.41. The lowest BCUT2D eigenvalue weighted by molar-refractivity contribution is 0.749. The largest absolute Gasteiger partial charge is 0.256 e. The first-order valence-electron chi connectivity index (χ1n) is 4.62. The minimum absolute atomic E-state index is 0.602. The normalized spacial score (nSPS) is 9.87. The summed E-state index contributed by atoms with van der Waals surface area (Å²) in [6, 6.07) is 9.66. The van der Waals surface area contributed by atoms with Crippen molar-refractivity contribution in [1.29, 1.82) is 5.26 Å². The highest BCUT2D eigenvalue weighted by atomic mass is 15.3. The Morgan fingerprint density at radius 2 is 2.20 bits per heavy atom. The Bertz CT molecular complexity index is 507. The summed E-state index contributed by atoms with van der Waals surface area (Å²) >= 11 is 0. The quantitative estimate of drug-likeness (QED) is 0.730. The van der Waals surface area contributed by atoms with Crippen LogP contribution in [0, 0.1) is 11.3 Å². The third kappa shape index (κ3) is 2.02. The Kier molecular flexibility index (Phi) is 2.46. The van der Waals surface area contributed by atoms with Gasteiger partial charge in [-0.3, -0.25) is 4.68 Å². The highest BCUT2D eigenvalue weighted by Gasteiger charge is 2.04. The maximum absolute atomic E-state index is 8.91. The average Bonchev–Trinajstić information content (AvgIpc) is 2.65. The standard InChI is InChI=1S/C11H10N4/c1-15-8-13-11(14-15)6-9-4-2-3-5-10(9)7-12/h2-5,8H,6H2,1H3. The van der Waals surface area contributed by atoms with E-state index in [2.05, 4.69) is 16.2 Å². The molecule has 0 aliphatic carbocycles. The molecule has 74 valence electrons. The zero-order valence-electron chi connectivity index (χ0n) is 8.38. The second kappa shape index (κ2) is 3.93. The van der Waals surface area contributed by atoms with E-state index in [1.54, 1.807) is 17.1 Å². The van der Waals surface area contributed by atoms with Crippen molar-refractivity contribution in [1.82, 2.24) is 14.8 Å². The molecule has 0 unspecified atom stereocenters. The van der Waals surface area contributed by atoms with Gasteiger partial charge in [-0.15, -0.1) is 0 Å². The molecule has 0 aliphatic heterocycles. The van der Waals surface area contributed by atoms with Crippen LogP contribution in [0.1, 0.15) is 17.0 Å². The number of aryl methyl sites for hydroxylation is 1. The van der Waals surface area contributed by atoms with Gasteiger partial charge in [0.05, 0.1) is 11.6 Å². The summed E-state index contributed by atoms with van der Waals surface area (Å²) in [5, 5.41) is 13.1. The van der Waals surface area contributed by atoms with Gasteiger partial charge in [-0.1, -0.05) is 18.2 Å². The summed E-state index contributed by atoms with van der Waals surface area (Å²) in [5.74, 6) is 0.736. The van der Waals surface area contributed by atoms with Crippen LogP contribution in [-0.4, -0.2) is 14.8 Å². The van der Waals surface area contributed by atoms with Crippen LogP contribution >= 0.6 is 0 Å². The summed E-state index contributed by atoms with van der Waals surface area (Å²) in [4.78, 5) is 4.13. The second-order valence-corrected chi connectivity index (χ2v) is 3.28. The van der Waals surface area contributed by atoms with E-state index in [9.17, 15) is 0 Å². The molecular formula is C11H10N4. The second-order valence-electron chi connectivity index (χ2n) is 3.28. The van der Waals surface area contributed by atoms with Crippen LogP contribution < -0.4 is 0 Å². The van der Waals surface area contributed by atoms with Crippen LogP contribution in [0.3, 0.4) is 0 Å². The molecule has 1 aromatic heterocycles. The minimum Gasteiger partial charge on any atom is -0.256 e. The topological polar surface area (TPSA) is 54.5 Å². The third-order valence-electron chi connectivity index (χ3n) is 2.13. The van der Waals surface area contributed by atoms with Gasteiger partial charge < -0.3 is 0 Å². The molecule has 0 saturated carbocycles. The lowest BCUT2D eigenvalue weighted by Crippen LogP contribution is -1.96. The van der Waals surface area contributed by atoms with E-state index in [0.29, 0.717) is 12.0 Å². The minimum atomic E-state index is 0.602. The smallest absolute Gasteiger partial charge is 0.154 e. The molecule has 0 amide bonds. The molecule has 2 rings (SSSR count). The molecule has 0 aliphatic rings. The van der Waals surface area contributed by atoms with Crippen molar-refractivity contribution in [2.24, 2.45) is 7.05 Å². The first-order chi connectivity index (χ1) is 7.29. The number of benzene rings is 1. The van der Waals surface area contributed by atoms with Crippen LogP contribution in [0.5, 0.6) is 0 Å². The molecule has 0 N–H and O–H groups in total. The summed E-state index contributed by atoms with van der Waals surface area (Å²) < 4.78 is 1.66. The van der Waals surface area contributed by atoms with Crippen molar-refractivity contribution in [3.8, 4) is 6.07 Å². The van der Waals surface area contributed by atoms with Gasteiger partial charge in [-0.25, -0.2) is 4.98 Å². The van der Waals surface area contributed by atoms with Gasteiger partial charge in [0.2, 0.25) is 0 Å². The van der Waals surface area contributed by atoms with Crippen LogP contribution in [0.2, 0.25) is 0 Å². The Morgan fingerprint density at radius 1 is 1.40 bits per heavy atom. The van der Waals surface area contributed by atoms with Crippen molar-refractivity contribution < 1.29 is 0 Å². The summed E-state index contributed by atoms with van der Waals surface area (Å²) in [6.07, 6.45) is 2.26. The number of hydrogen-bond donors (Lipinski definition) is 0. The highest BCUT2D eigenvalue weighted by molar-refractivity contribution is 5.38. The van der Waals surface area contributed by atoms with Gasteiger partial charge in [-0.05, 0) is 11.6 Å². The van der Waals surface area contributed by atoms with Gasteiger partial charge in [-0.2, -0.15) is 10.4 Å². The molecule has 0 atom stereocenters. The van der Waals surface area contributed by atoms with Crippen molar-refractivity contribution in [3.63, 3.8) is 0 Å². The number of hydrogen-bond acceptors (Lipinski definition) is 3. The van der Waals surface area contributed by atoms with E-state index in [4.69, 9.17) is 5.26 Å². The Balaban J connectivity index is 2.28. The van der Waals surface area contributed by atoms with Crippen LogP contribution in [0.15, 0.2) is 30.6 Å². The number of aromatic nitrogens is 3. The Hall–Kier alpha value is -2.15. The summed E-state index contributed by atoms with van der Waals surface area (Å²) in [5.41, 5.74) is 1.65. The van der Waals surface area contributed by atoms with Gasteiger partial charge in [0, 0.05) is 13.5 Å². The van der Waals surface area contributed by atoms with Crippen molar-refractivity contribution in [3.05, 3.63) is 47.5 Å². The highest BCUT2D eigenvalue weighted by Crippen LogP contribution is 2.10. The van der Waals surface area contributed by atoms with Gasteiger partial charge in [0.1, 0.15) is 6.33 Å². The van der Waals surface area contributed by atoms with E-state index < -0.39 is 0 Å². The zero-order valence-corrected chi connectivity index (χ0v) is 8.38. The molecule has 0 saturated heterocycles. The molecule has 4 heteroatoms. The summed E-state index contributed by atoms with van der Waals surface area (Å²) in [7, 11) is 1.83. The predicted molar refractivity (Wildman–Crippen MR) is 55.0 cm³/mol. The molecule has 0 fully saturated rings. The van der Waals surface area contributed by atoms with Crippen LogP contribution in [-0.2, 0) is 13.5 Å². The maximum atomic E-state index is 8.91. The monoisotopic (exact) mass is 198 g/mol. The molecule has 0 spiro atoms. The molecular weight excluding hydrogens is 188 g/mol. The molecule has 1 aromatic carbocycles. The molecule has 0 bridgehead atoms. The fourth-order valence-corrected chi connectivity index (χ4v) is 1.42. The summed E-state index contributed by atoms with van der Waals surface area (Å²) in [6.45, 7) is 0. The molecule has 2 aromatic rings. The molecule has 0 radical (unpaired) electrons. The van der Waals surface area contributed by atoms with E-state index in [1.165, 1.54) is 0 Å². The van der Waals surface area contributed by atoms with Crippen LogP contribution in [0.25, 0.3) is 0 Å². The third-order valence-corrected chi connectivity index (χ3v) is 2.13. The zero-order chi connectivity index (χ0) is 10.7. The lowest BCUT2D eigenvalue weighted by Gasteiger charge is -1.99. The van der Waals surface area contributed by atoms with Crippen LogP contribution in [0.4, 0.5) is 0 Å². The van der Waals surface area contributed by atoms with Gasteiger partial charge in [0.25, 0.3) is 0 Å². The molecule has 15 heavy (non-hydrogen) atoms. The van der Waals surface area contributed by atoms with Crippen molar-refractivity contribution in [2.45, 2.75) is 6.42 Å². The Labute approximate surface area is 87.8 Å². The molecule has 4 nitrogen and oxygen atoms in total. The molecule has 1 heterocycles. The number of nitrogens with zero attached hydrogens (tertiary/aromatic N) is 4. The van der Waals surface area contributed by atoms with Crippen molar-refractivity contribution in [2.75, 3.05) is 0 Å². The van der Waals surface area contributed by atoms with E-state index >= 15 is 0 Å². The van der Waals surface area contributed by atoms with Gasteiger partial charge >= 0.3 is 0 Å². The average molecular weight is 198 g/mol. The Morgan fingerprint density at radius 3 is 2.87 bits per heavy atom. The van der Waals surface area contributed by atoms with Crippen molar-refractivity contribution >= 4 is 0 Å². The maximum Gasteiger partial charge on any atom is 0.154 e. The van der Waals surface area contributed by atoms with E-state index in [-0.39, 0.29) is 0 Å². The SMILES string of the molecule is Cn1cnc(Cc2ccccc2C#N)n1. The van der Waals surface area contributed by atoms with E-state index in [0.717, 1.165) is 11.4 Å². The fraction of sp³-hybridized carbons (Fsp3) is 0.182. The fourth-order valence-electron chi connectivity index (χ4n) is 1.42. The number of rotatable bonds is 2. The first-order valence-corrected chi connectivity index (χ1v) is 4.62.